The predicted octanol–water partition coefficient (Wildman–Crippen LogP) is 2.79. The molecule has 1 aromatic heterocycles. The zero-order chi connectivity index (χ0) is 21.1. The summed E-state index contributed by atoms with van der Waals surface area (Å²) in [6.07, 6.45) is 0.990. The number of aromatic nitrogens is 1. The van der Waals surface area contributed by atoms with Crippen LogP contribution in [0.3, 0.4) is 0 Å². The Bertz CT molecular complexity index is 987. The number of anilines is 3. The fourth-order valence-electron chi connectivity index (χ4n) is 3.05. The topological polar surface area (TPSA) is 138 Å². The van der Waals surface area contributed by atoms with Gasteiger partial charge in [0.1, 0.15) is 17.7 Å². The fraction of sp³-hybridized carbons (Fsp3) is 0.222. The number of benzene rings is 1. The first-order valence-corrected chi connectivity index (χ1v) is 8.97. The highest BCUT2D eigenvalue weighted by Gasteiger charge is 2.34. The van der Waals surface area contributed by atoms with Crippen LogP contribution in [0, 0.1) is 5.82 Å². The molecule has 1 aliphatic rings. The summed E-state index contributed by atoms with van der Waals surface area (Å²) in [6, 6.07) is 4.11. The van der Waals surface area contributed by atoms with Crippen LogP contribution in [0.5, 0.6) is 0 Å². The van der Waals surface area contributed by atoms with E-state index < -0.39 is 29.8 Å². The van der Waals surface area contributed by atoms with Crippen LogP contribution in [0.25, 0.3) is 0 Å². The van der Waals surface area contributed by atoms with E-state index in [-0.39, 0.29) is 34.3 Å². The molecule has 2 heterocycles. The Morgan fingerprint density at radius 2 is 2.03 bits per heavy atom. The second-order valence-electron chi connectivity index (χ2n) is 6.33. The van der Waals surface area contributed by atoms with Crippen molar-refractivity contribution < 1.29 is 23.9 Å². The van der Waals surface area contributed by atoms with E-state index >= 15 is 0 Å². The molecule has 3 amide bonds. The number of carboxylic acid groups (broad SMARTS) is 1. The molecule has 152 valence electrons. The summed E-state index contributed by atoms with van der Waals surface area (Å²) in [6.45, 7) is 0.245. The number of likely N-dealkylation sites (tertiary alicyclic amines) is 1. The van der Waals surface area contributed by atoms with Gasteiger partial charge in [-0.3, -0.25) is 14.5 Å². The molecule has 1 aromatic carbocycles. The Morgan fingerprint density at radius 3 is 2.72 bits per heavy atom. The van der Waals surface area contributed by atoms with Crippen molar-refractivity contribution in [1.29, 1.82) is 0 Å². The molecule has 11 heteroatoms. The molecule has 1 saturated heterocycles. The Morgan fingerprint density at radius 1 is 1.28 bits per heavy atom. The van der Waals surface area contributed by atoms with Crippen molar-refractivity contribution in [2.75, 3.05) is 22.9 Å². The summed E-state index contributed by atoms with van der Waals surface area (Å²) in [7, 11) is 0. The van der Waals surface area contributed by atoms with Gasteiger partial charge in [0.2, 0.25) is 5.91 Å². The molecular formula is C18H17ClFN5O4. The summed E-state index contributed by atoms with van der Waals surface area (Å²) in [5, 5.41) is 14.1. The first-order valence-electron chi connectivity index (χ1n) is 8.59. The smallest absolute Gasteiger partial charge is 0.407 e. The molecule has 3 rings (SSSR count). The standard InChI is InChI=1S/C18H17ClFN5O4/c19-11-8-9(3-4-12(11)20)23-16(26)10-5-6-22-15(21)14(10)24-17(27)13-2-1-7-25(13)18(28)29/h3-6,8,13H,1-2,7H2,(H2,21,22)(H,23,26)(H,24,27)(H,28,29). The van der Waals surface area contributed by atoms with E-state index in [4.69, 9.17) is 17.3 Å². The zero-order valence-corrected chi connectivity index (χ0v) is 15.7. The van der Waals surface area contributed by atoms with Gasteiger partial charge in [-0.15, -0.1) is 0 Å². The van der Waals surface area contributed by atoms with E-state index in [0.29, 0.717) is 12.8 Å². The van der Waals surface area contributed by atoms with Crippen LogP contribution in [-0.2, 0) is 4.79 Å². The largest absolute Gasteiger partial charge is 0.465 e. The maximum atomic E-state index is 13.3. The lowest BCUT2D eigenvalue weighted by Gasteiger charge is -2.21. The molecule has 0 bridgehead atoms. The molecule has 0 aliphatic carbocycles. The van der Waals surface area contributed by atoms with Crippen LogP contribution in [0.4, 0.5) is 26.4 Å². The minimum Gasteiger partial charge on any atom is -0.465 e. The number of nitrogens with zero attached hydrogens (tertiary/aromatic N) is 2. The maximum Gasteiger partial charge on any atom is 0.407 e. The highest BCUT2D eigenvalue weighted by molar-refractivity contribution is 6.31. The molecule has 0 saturated carbocycles. The van der Waals surface area contributed by atoms with E-state index in [0.717, 1.165) is 11.0 Å². The number of amides is 3. The highest BCUT2D eigenvalue weighted by atomic mass is 35.5. The van der Waals surface area contributed by atoms with Gasteiger partial charge in [0.05, 0.1) is 16.3 Å². The van der Waals surface area contributed by atoms with Gasteiger partial charge in [0.25, 0.3) is 5.91 Å². The molecule has 9 nitrogen and oxygen atoms in total. The zero-order valence-electron chi connectivity index (χ0n) is 15.0. The fourth-order valence-corrected chi connectivity index (χ4v) is 3.23. The van der Waals surface area contributed by atoms with E-state index in [1.165, 1.54) is 24.4 Å². The molecule has 2 aromatic rings. The number of nitrogen functional groups attached to an aromatic ring is 1. The van der Waals surface area contributed by atoms with Crippen LogP contribution in [-0.4, -0.2) is 45.5 Å². The lowest BCUT2D eigenvalue weighted by atomic mass is 10.1. The average molecular weight is 422 g/mol. The van der Waals surface area contributed by atoms with Crippen molar-refractivity contribution in [2.24, 2.45) is 0 Å². The van der Waals surface area contributed by atoms with Crippen LogP contribution < -0.4 is 16.4 Å². The second-order valence-corrected chi connectivity index (χ2v) is 6.73. The molecule has 1 atom stereocenters. The van der Waals surface area contributed by atoms with Gasteiger partial charge < -0.3 is 21.5 Å². The van der Waals surface area contributed by atoms with Gasteiger partial charge in [-0.2, -0.15) is 0 Å². The van der Waals surface area contributed by atoms with Crippen molar-refractivity contribution >= 4 is 46.7 Å². The van der Waals surface area contributed by atoms with Gasteiger partial charge in [0.15, 0.2) is 0 Å². The van der Waals surface area contributed by atoms with E-state index in [1.54, 1.807) is 0 Å². The van der Waals surface area contributed by atoms with Gasteiger partial charge in [0, 0.05) is 18.4 Å². The number of pyridine rings is 1. The summed E-state index contributed by atoms with van der Waals surface area (Å²) in [5.74, 6) is -1.99. The summed E-state index contributed by atoms with van der Waals surface area (Å²) in [5.41, 5.74) is 6.03. The normalized spacial score (nSPS) is 15.8. The van der Waals surface area contributed by atoms with Crippen molar-refractivity contribution in [3.8, 4) is 0 Å². The van der Waals surface area contributed by atoms with Gasteiger partial charge in [-0.1, -0.05) is 11.6 Å². The van der Waals surface area contributed by atoms with E-state index in [9.17, 15) is 23.9 Å². The van der Waals surface area contributed by atoms with Gasteiger partial charge in [-0.25, -0.2) is 14.2 Å². The molecular weight excluding hydrogens is 405 g/mol. The van der Waals surface area contributed by atoms with Crippen LogP contribution in [0.2, 0.25) is 5.02 Å². The molecule has 1 unspecified atom stereocenters. The Balaban J connectivity index is 1.83. The average Bonchev–Trinajstić information content (AvgIpc) is 3.16. The second kappa shape index (κ2) is 8.31. The summed E-state index contributed by atoms with van der Waals surface area (Å²) in [4.78, 5) is 41.5. The van der Waals surface area contributed by atoms with Crippen molar-refractivity contribution in [3.05, 3.63) is 46.9 Å². The molecule has 0 radical (unpaired) electrons. The Labute approximate surface area is 169 Å². The SMILES string of the molecule is Nc1nccc(C(=O)Nc2ccc(F)c(Cl)c2)c1NC(=O)C1CCCN1C(=O)O. The number of carbonyl (C=O) groups excluding carboxylic acids is 2. The van der Waals surface area contributed by atoms with Gasteiger partial charge in [-0.05, 0) is 37.1 Å². The molecule has 1 aliphatic heterocycles. The summed E-state index contributed by atoms with van der Waals surface area (Å²) >= 11 is 5.71. The third-order valence-corrected chi connectivity index (χ3v) is 4.74. The predicted molar refractivity (Wildman–Crippen MR) is 104 cm³/mol. The number of hydrogen-bond donors (Lipinski definition) is 4. The van der Waals surface area contributed by atoms with Crippen molar-refractivity contribution in [1.82, 2.24) is 9.88 Å². The van der Waals surface area contributed by atoms with Crippen LogP contribution in [0.1, 0.15) is 23.2 Å². The molecule has 1 fully saturated rings. The number of nitrogens with one attached hydrogen (secondary N) is 2. The number of carbonyl (C=O) groups is 3. The van der Waals surface area contributed by atoms with Gasteiger partial charge >= 0.3 is 6.09 Å². The highest BCUT2D eigenvalue weighted by Crippen LogP contribution is 2.26. The minimum absolute atomic E-state index is 0.00571. The monoisotopic (exact) mass is 421 g/mol. The maximum absolute atomic E-state index is 13.3. The lowest BCUT2D eigenvalue weighted by molar-refractivity contribution is -0.119. The van der Waals surface area contributed by atoms with Crippen molar-refractivity contribution in [3.63, 3.8) is 0 Å². The first kappa shape index (κ1) is 20.3. The lowest BCUT2D eigenvalue weighted by Crippen LogP contribution is -2.42. The first-order chi connectivity index (χ1) is 13.8. The minimum atomic E-state index is -1.20. The molecule has 0 spiro atoms. The quantitative estimate of drug-likeness (QED) is 0.599. The van der Waals surface area contributed by atoms with Crippen LogP contribution >= 0.6 is 11.6 Å². The number of rotatable bonds is 4. The van der Waals surface area contributed by atoms with Crippen LogP contribution in [0.15, 0.2) is 30.5 Å². The van der Waals surface area contributed by atoms with Crippen molar-refractivity contribution in [2.45, 2.75) is 18.9 Å². The Hall–Kier alpha value is -3.40. The number of nitrogens with two attached hydrogens (primary N) is 1. The molecule has 29 heavy (non-hydrogen) atoms. The summed E-state index contributed by atoms with van der Waals surface area (Å²) < 4.78 is 13.3. The molecule has 5 N–H and O–H groups in total. The van der Waals surface area contributed by atoms with E-state index in [1.807, 2.05) is 0 Å². The van der Waals surface area contributed by atoms with E-state index in [2.05, 4.69) is 15.6 Å². The third kappa shape index (κ3) is 4.37. The number of halogens is 2. The Kier molecular flexibility index (Phi) is 5.83. The number of hydrogen-bond acceptors (Lipinski definition) is 5. The third-order valence-electron chi connectivity index (χ3n) is 4.45.